The lowest BCUT2D eigenvalue weighted by molar-refractivity contribution is 0.158. The van der Waals surface area contributed by atoms with Gasteiger partial charge in [-0.1, -0.05) is 11.6 Å². The first-order valence-electron chi connectivity index (χ1n) is 7.05. The van der Waals surface area contributed by atoms with Crippen LogP contribution in [0.15, 0.2) is 39.9 Å². The van der Waals surface area contributed by atoms with E-state index in [2.05, 4.69) is 10.3 Å². The minimum atomic E-state index is -0.742. The van der Waals surface area contributed by atoms with Gasteiger partial charge in [0.25, 0.3) is 0 Å². The third kappa shape index (κ3) is 6.33. The molecule has 128 valence electrons. The van der Waals surface area contributed by atoms with Crippen LogP contribution in [0.3, 0.4) is 0 Å². The predicted octanol–water partition coefficient (Wildman–Crippen LogP) is 3.74. The van der Waals surface area contributed by atoms with Crippen LogP contribution in [0.5, 0.6) is 0 Å². The van der Waals surface area contributed by atoms with Crippen LogP contribution >= 0.6 is 46.9 Å². The molecule has 0 aliphatic carbocycles. The maximum atomic E-state index is 10.0. The van der Waals surface area contributed by atoms with E-state index in [0.29, 0.717) is 12.3 Å². The Hall–Kier alpha value is -0.770. The van der Waals surface area contributed by atoms with Crippen molar-refractivity contribution < 1.29 is 9.52 Å². The minimum absolute atomic E-state index is 0. The van der Waals surface area contributed by atoms with E-state index < -0.39 is 6.10 Å². The number of thiophene rings is 1. The van der Waals surface area contributed by atoms with Gasteiger partial charge >= 0.3 is 0 Å². The molecule has 23 heavy (non-hydrogen) atoms. The normalized spacial score (nSPS) is 12.6. The standard InChI is InChI=1S/C15H20ClN3O2S.HI/c1-3-17-15(18-9-12(20)13-5-4-8-21-13)19(2)10-11-6-7-14(16)22-11;/h4-8,12,20H,3,9-10H2,1-2H3,(H,17,18);1H. The number of nitrogens with zero attached hydrogens (tertiary/aromatic N) is 2. The van der Waals surface area contributed by atoms with Crippen LogP contribution < -0.4 is 5.32 Å². The van der Waals surface area contributed by atoms with Gasteiger partial charge in [-0.05, 0) is 31.2 Å². The molecule has 1 unspecified atom stereocenters. The number of furan rings is 1. The third-order valence-electron chi connectivity index (χ3n) is 3.00. The number of guanidine groups is 1. The summed E-state index contributed by atoms with van der Waals surface area (Å²) in [5, 5.41) is 13.3. The van der Waals surface area contributed by atoms with Crippen LogP contribution in [0.25, 0.3) is 0 Å². The maximum absolute atomic E-state index is 10.0. The second-order valence-corrected chi connectivity index (χ2v) is 6.59. The summed E-state index contributed by atoms with van der Waals surface area (Å²) in [6.07, 6.45) is 0.799. The molecule has 0 aliphatic rings. The number of rotatable bonds is 6. The molecule has 2 N–H and O–H groups in total. The molecule has 0 saturated carbocycles. The summed E-state index contributed by atoms with van der Waals surface area (Å²) in [5.41, 5.74) is 0. The van der Waals surface area contributed by atoms with Gasteiger partial charge in [0.1, 0.15) is 11.9 Å². The van der Waals surface area contributed by atoms with Crippen molar-refractivity contribution >= 4 is 52.9 Å². The molecule has 0 amide bonds. The summed E-state index contributed by atoms with van der Waals surface area (Å²) in [4.78, 5) is 7.62. The number of halogens is 2. The summed E-state index contributed by atoms with van der Waals surface area (Å²) in [5.74, 6) is 1.25. The Morgan fingerprint density at radius 3 is 2.83 bits per heavy atom. The highest BCUT2D eigenvalue weighted by Crippen LogP contribution is 2.22. The highest BCUT2D eigenvalue weighted by molar-refractivity contribution is 14.0. The van der Waals surface area contributed by atoms with Crippen molar-refractivity contribution in [1.29, 1.82) is 0 Å². The number of hydrogen-bond acceptors (Lipinski definition) is 4. The van der Waals surface area contributed by atoms with E-state index in [-0.39, 0.29) is 30.5 Å². The molecule has 8 heteroatoms. The molecule has 5 nitrogen and oxygen atoms in total. The topological polar surface area (TPSA) is 61.0 Å². The lowest BCUT2D eigenvalue weighted by Crippen LogP contribution is -2.38. The van der Waals surface area contributed by atoms with Gasteiger partial charge in [-0.2, -0.15) is 0 Å². The second kappa shape index (κ2) is 10.2. The Morgan fingerprint density at radius 1 is 1.48 bits per heavy atom. The molecule has 0 radical (unpaired) electrons. The van der Waals surface area contributed by atoms with E-state index in [0.717, 1.165) is 21.7 Å². The number of aliphatic hydroxyl groups excluding tert-OH is 1. The lowest BCUT2D eigenvalue weighted by atomic mass is 10.3. The van der Waals surface area contributed by atoms with E-state index in [4.69, 9.17) is 16.0 Å². The van der Waals surface area contributed by atoms with Crippen LogP contribution in [-0.2, 0) is 6.54 Å². The van der Waals surface area contributed by atoms with Gasteiger partial charge < -0.3 is 19.7 Å². The van der Waals surface area contributed by atoms with Crippen LogP contribution in [-0.4, -0.2) is 36.1 Å². The summed E-state index contributed by atoms with van der Waals surface area (Å²) >= 11 is 7.51. The fraction of sp³-hybridized carbons (Fsp3) is 0.400. The Balaban J connectivity index is 0.00000264. The van der Waals surface area contributed by atoms with Crippen molar-refractivity contribution in [1.82, 2.24) is 10.2 Å². The molecule has 0 aromatic carbocycles. The van der Waals surface area contributed by atoms with E-state index in [1.54, 1.807) is 29.7 Å². The Morgan fingerprint density at radius 2 is 2.26 bits per heavy atom. The summed E-state index contributed by atoms with van der Waals surface area (Å²) in [7, 11) is 1.95. The van der Waals surface area contributed by atoms with Crippen LogP contribution in [0.4, 0.5) is 0 Å². The highest BCUT2D eigenvalue weighted by Gasteiger charge is 2.12. The van der Waals surface area contributed by atoms with Crippen molar-refractivity contribution in [2.24, 2.45) is 4.99 Å². The fourth-order valence-corrected chi connectivity index (χ4v) is 3.10. The van der Waals surface area contributed by atoms with Crippen molar-refractivity contribution in [2.75, 3.05) is 20.1 Å². The number of aliphatic imine (C=N–C) groups is 1. The average Bonchev–Trinajstić information content (AvgIpc) is 3.14. The minimum Gasteiger partial charge on any atom is -0.467 e. The van der Waals surface area contributed by atoms with E-state index in [1.165, 1.54) is 0 Å². The van der Waals surface area contributed by atoms with Crippen molar-refractivity contribution in [3.8, 4) is 0 Å². The first-order valence-corrected chi connectivity index (χ1v) is 8.24. The van der Waals surface area contributed by atoms with Gasteiger partial charge in [-0.3, -0.25) is 0 Å². The van der Waals surface area contributed by atoms with Gasteiger partial charge in [0.05, 0.1) is 23.7 Å². The summed E-state index contributed by atoms with van der Waals surface area (Å²) < 4.78 is 5.96. The van der Waals surface area contributed by atoms with Gasteiger partial charge in [0.15, 0.2) is 5.96 Å². The molecule has 2 heterocycles. The van der Waals surface area contributed by atoms with Crippen LogP contribution in [0, 0.1) is 0 Å². The highest BCUT2D eigenvalue weighted by atomic mass is 127. The SMILES string of the molecule is CCNC(=NCC(O)c1ccco1)N(C)Cc1ccc(Cl)s1.I. The Bertz CT molecular complexity index is 604. The van der Waals surface area contributed by atoms with Crippen molar-refractivity contribution in [3.05, 3.63) is 45.5 Å². The third-order valence-corrected chi connectivity index (χ3v) is 4.22. The lowest BCUT2D eigenvalue weighted by Gasteiger charge is -2.21. The maximum Gasteiger partial charge on any atom is 0.194 e. The molecule has 2 aromatic rings. The number of hydrogen-bond donors (Lipinski definition) is 2. The van der Waals surface area contributed by atoms with Crippen molar-refractivity contribution in [3.63, 3.8) is 0 Å². The molecule has 0 aliphatic heterocycles. The zero-order chi connectivity index (χ0) is 15.9. The largest absolute Gasteiger partial charge is 0.467 e. The molecule has 0 fully saturated rings. The second-order valence-electron chi connectivity index (χ2n) is 4.79. The predicted molar refractivity (Wildman–Crippen MR) is 106 cm³/mol. The van der Waals surface area contributed by atoms with Crippen molar-refractivity contribution in [2.45, 2.75) is 19.6 Å². The van der Waals surface area contributed by atoms with Crippen LogP contribution in [0.1, 0.15) is 23.7 Å². The molecule has 2 aromatic heterocycles. The van der Waals surface area contributed by atoms with Gasteiger partial charge in [0, 0.05) is 18.5 Å². The zero-order valence-electron chi connectivity index (χ0n) is 13.0. The van der Waals surface area contributed by atoms with Gasteiger partial charge in [-0.25, -0.2) is 4.99 Å². The first-order chi connectivity index (χ1) is 10.6. The molecule has 0 bridgehead atoms. The average molecular weight is 470 g/mol. The van der Waals surface area contributed by atoms with Gasteiger partial charge in [-0.15, -0.1) is 35.3 Å². The van der Waals surface area contributed by atoms with E-state index in [9.17, 15) is 5.11 Å². The van der Waals surface area contributed by atoms with Gasteiger partial charge in [0.2, 0.25) is 0 Å². The Labute approximate surface area is 162 Å². The summed E-state index contributed by atoms with van der Waals surface area (Å²) in [6, 6.07) is 7.38. The smallest absolute Gasteiger partial charge is 0.194 e. The quantitative estimate of drug-likeness (QED) is 0.384. The monoisotopic (exact) mass is 469 g/mol. The molecule has 1 atom stereocenters. The van der Waals surface area contributed by atoms with E-state index >= 15 is 0 Å². The molecular formula is C15H21ClIN3O2S. The molecule has 0 spiro atoms. The first kappa shape index (κ1) is 20.3. The number of aliphatic hydroxyl groups is 1. The Kier molecular flexibility index (Phi) is 8.96. The van der Waals surface area contributed by atoms with Crippen LogP contribution in [0.2, 0.25) is 4.34 Å². The fourth-order valence-electron chi connectivity index (χ4n) is 1.96. The molecule has 0 saturated heterocycles. The zero-order valence-corrected chi connectivity index (χ0v) is 16.9. The number of nitrogens with one attached hydrogen (secondary N) is 1. The molecular weight excluding hydrogens is 449 g/mol. The van der Waals surface area contributed by atoms with E-state index in [1.807, 2.05) is 31.0 Å². The molecule has 2 rings (SSSR count). The summed E-state index contributed by atoms with van der Waals surface area (Å²) in [6.45, 7) is 3.71.